The fraction of sp³-hybridized carbons (Fsp3) is 0.458. The van der Waals surface area contributed by atoms with Crippen LogP contribution in [-0.4, -0.2) is 4.98 Å². The summed E-state index contributed by atoms with van der Waals surface area (Å²) in [6, 6.07) is 11.1. The lowest BCUT2D eigenvalue weighted by Crippen LogP contribution is -2.09. The Morgan fingerprint density at radius 3 is 2.58 bits per heavy atom. The third-order valence-corrected chi connectivity index (χ3v) is 7.43. The van der Waals surface area contributed by atoms with Gasteiger partial charge >= 0.3 is 0 Å². The zero-order valence-corrected chi connectivity index (χ0v) is 16.5. The Hall–Kier alpha value is -1.67. The molecule has 0 aliphatic heterocycles. The molecule has 0 unspecified atom stereocenters. The Bertz CT molecular complexity index is 938. The van der Waals surface area contributed by atoms with Gasteiger partial charge in [-0.05, 0) is 73.1 Å². The van der Waals surface area contributed by atoms with Crippen LogP contribution in [0.25, 0.3) is 21.3 Å². The number of hydrogen-bond acceptors (Lipinski definition) is 2. The van der Waals surface area contributed by atoms with Gasteiger partial charge in [-0.25, -0.2) is 4.98 Å². The molecule has 2 heterocycles. The van der Waals surface area contributed by atoms with Gasteiger partial charge in [0.1, 0.15) is 4.83 Å². The predicted molar refractivity (Wildman–Crippen MR) is 112 cm³/mol. The number of nitrogens with zero attached hydrogens (tertiary/aromatic N) is 1. The van der Waals surface area contributed by atoms with Gasteiger partial charge in [0, 0.05) is 16.0 Å². The maximum absolute atomic E-state index is 5.25. The van der Waals surface area contributed by atoms with Crippen molar-refractivity contribution in [1.82, 2.24) is 4.98 Å². The van der Waals surface area contributed by atoms with Crippen molar-refractivity contribution in [2.24, 2.45) is 5.92 Å². The summed E-state index contributed by atoms with van der Waals surface area (Å²) in [4.78, 5) is 8.17. The van der Waals surface area contributed by atoms with Gasteiger partial charge in [-0.1, -0.05) is 50.1 Å². The van der Waals surface area contributed by atoms with E-state index in [1.807, 2.05) is 11.3 Å². The molecule has 3 aromatic rings. The molecule has 2 heteroatoms. The number of benzene rings is 1. The normalized spacial score (nSPS) is 20.3. The second-order valence-electron chi connectivity index (χ2n) is 8.22. The van der Waals surface area contributed by atoms with Crippen molar-refractivity contribution in [2.45, 2.75) is 64.7 Å². The standard InChI is InChI=1S/C24H27NS/c1-16-13-14-19-21(15-16)26-24-23(19)22(17-9-5-4-6-10-17)18-11-7-2-3-8-12-20(18)25-24/h4-6,9-10,16H,2-3,7-8,11-15H2,1H3/t16-/m0/s1. The van der Waals surface area contributed by atoms with Crippen LogP contribution in [0.3, 0.4) is 0 Å². The molecule has 2 aliphatic carbocycles. The second-order valence-corrected chi connectivity index (χ2v) is 9.31. The number of fused-ring (bicyclic) bond motifs is 4. The summed E-state index contributed by atoms with van der Waals surface area (Å²) < 4.78 is 0. The van der Waals surface area contributed by atoms with Crippen LogP contribution in [0.5, 0.6) is 0 Å². The molecule has 0 saturated carbocycles. The Morgan fingerprint density at radius 2 is 1.73 bits per heavy atom. The summed E-state index contributed by atoms with van der Waals surface area (Å²) in [7, 11) is 0. The maximum Gasteiger partial charge on any atom is 0.124 e. The number of rotatable bonds is 1. The highest BCUT2D eigenvalue weighted by Gasteiger charge is 2.26. The molecule has 0 fully saturated rings. The average Bonchev–Trinajstić information content (AvgIpc) is 2.99. The van der Waals surface area contributed by atoms with Crippen molar-refractivity contribution in [2.75, 3.05) is 0 Å². The SMILES string of the molecule is C[C@H]1CCc2c(sc3nc4c(c(-c5ccccc5)c23)CCCCCC4)C1. The number of aryl methyl sites for hydroxylation is 2. The largest absolute Gasteiger partial charge is 0.242 e. The van der Waals surface area contributed by atoms with Gasteiger partial charge in [-0.15, -0.1) is 11.3 Å². The topological polar surface area (TPSA) is 12.9 Å². The molecule has 1 atom stereocenters. The Morgan fingerprint density at radius 1 is 0.923 bits per heavy atom. The maximum atomic E-state index is 5.25. The summed E-state index contributed by atoms with van der Waals surface area (Å²) >= 11 is 1.99. The molecule has 0 amide bonds. The lowest BCUT2D eigenvalue weighted by atomic mass is 9.84. The van der Waals surface area contributed by atoms with Crippen LogP contribution >= 0.6 is 11.3 Å². The first kappa shape index (κ1) is 16.5. The fourth-order valence-electron chi connectivity index (χ4n) is 4.91. The minimum Gasteiger partial charge on any atom is -0.242 e. The number of thiophene rings is 1. The van der Waals surface area contributed by atoms with E-state index in [0.29, 0.717) is 0 Å². The molecule has 5 rings (SSSR count). The van der Waals surface area contributed by atoms with Crippen molar-refractivity contribution in [3.8, 4) is 11.1 Å². The first-order valence-electron chi connectivity index (χ1n) is 10.3. The van der Waals surface area contributed by atoms with Crippen molar-refractivity contribution in [3.05, 3.63) is 52.0 Å². The van der Waals surface area contributed by atoms with Crippen molar-refractivity contribution >= 4 is 21.6 Å². The highest BCUT2D eigenvalue weighted by Crippen LogP contribution is 2.44. The van der Waals surface area contributed by atoms with Crippen LogP contribution in [-0.2, 0) is 25.7 Å². The molecule has 1 nitrogen and oxygen atoms in total. The first-order chi connectivity index (χ1) is 12.8. The smallest absolute Gasteiger partial charge is 0.124 e. The van der Waals surface area contributed by atoms with Crippen LogP contribution < -0.4 is 0 Å². The lowest BCUT2D eigenvalue weighted by Gasteiger charge is -2.21. The van der Waals surface area contributed by atoms with Crippen molar-refractivity contribution < 1.29 is 0 Å². The van der Waals surface area contributed by atoms with E-state index in [4.69, 9.17) is 4.98 Å². The van der Waals surface area contributed by atoms with E-state index >= 15 is 0 Å². The molecule has 134 valence electrons. The van der Waals surface area contributed by atoms with Crippen molar-refractivity contribution in [3.63, 3.8) is 0 Å². The highest BCUT2D eigenvalue weighted by molar-refractivity contribution is 7.19. The molecule has 0 spiro atoms. The molecule has 0 radical (unpaired) electrons. The van der Waals surface area contributed by atoms with Crippen LogP contribution in [0, 0.1) is 5.92 Å². The Balaban J connectivity index is 1.82. The summed E-state index contributed by atoms with van der Waals surface area (Å²) in [6.07, 6.45) is 11.5. The molecule has 1 aromatic carbocycles. The van der Waals surface area contributed by atoms with Crippen LogP contribution in [0.4, 0.5) is 0 Å². The van der Waals surface area contributed by atoms with E-state index in [-0.39, 0.29) is 0 Å². The monoisotopic (exact) mass is 361 g/mol. The number of pyridine rings is 1. The molecule has 0 N–H and O–H groups in total. The fourth-order valence-corrected chi connectivity index (χ4v) is 6.32. The van der Waals surface area contributed by atoms with E-state index in [0.717, 1.165) is 12.3 Å². The Kier molecular flexibility index (Phi) is 4.32. The number of aromatic nitrogens is 1. The van der Waals surface area contributed by atoms with E-state index in [9.17, 15) is 0 Å². The third-order valence-electron chi connectivity index (χ3n) is 6.28. The predicted octanol–water partition coefficient (Wildman–Crippen LogP) is 6.75. The van der Waals surface area contributed by atoms with E-state index in [1.165, 1.54) is 78.4 Å². The summed E-state index contributed by atoms with van der Waals surface area (Å²) in [5, 5.41) is 1.50. The van der Waals surface area contributed by atoms with Crippen LogP contribution in [0.1, 0.15) is 60.7 Å². The summed E-state index contributed by atoms with van der Waals surface area (Å²) in [5.74, 6) is 0.816. The van der Waals surface area contributed by atoms with E-state index in [2.05, 4.69) is 37.3 Å². The lowest BCUT2D eigenvalue weighted by molar-refractivity contribution is 0.509. The van der Waals surface area contributed by atoms with Crippen molar-refractivity contribution in [1.29, 1.82) is 0 Å². The zero-order chi connectivity index (χ0) is 17.5. The zero-order valence-electron chi connectivity index (χ0n) is 15.7. The first-order valence-corrected chi connectivity index (χ1v) is 11.1. The molecule has 0 bridgehead atoms. The minimum absolute atomic E-state index is 0.816. The summed E-state index contributed by atoms with van der Waals surface area (Å²) in [5.41, 5.74) is 7.50. The van der Waals surface area contributed by atoms with E-state index < -0.39 is 0 Å². The van der Waals surface area contributed by atoms with Gasteiger partial charge in [-0.2, -0.15) is 0 Å². The summed E-state index contributed by atoms with van der Waals surface area (Å²) in [6.45, 7) is 2.40. The van der Waals surface area contributed by atoms with Gasteiger partial charge in [0.05, 0.1) is 0 Å². The Labute approximate surface area is 160 Å². The molecule has 0 saturated heterocycles. The average molecular weight is 362 g/mol. The highest BCUT2D eigenvalue weighted by atomic mass is 32.1. The number of hydrogen-bond donors (Lipinski definition) is 0. The quantitative estimate of drug-likeness (QED) is 0.467. The second kappa shape index (κ2) is 6.81. The molecule has 26 heavy (non-hydrogen) atoms. The van der Waals surface area contributed by atoms with E-state index in [1.54, 1.807) is 16.0 Å². The minimum atomic E-state index is 0.816. The molecular weight excluding hydrogens is 334 g/mol. The van der Waals surface area contributed by atoms with Gasteiger partial charge in [0.15, 0.2) is 0 Å². The van der Waals surface area contributed by atoms with Gasteiger partial charge in [0.2, 0.25) is 0 Å². The van der Waals surface area contributed by atoms with Gasteiger partial charge < -0.3 is 0 Å². The molecule has 2 aromatic heterocycles. The van der Waals surface area contributed by atoms with Crippen LogP contribution in [0.15, 0.2) is 30.3 Å². The van der Waals surface area contributed by atoms with Gasteiger partial charge in [-0.3, -0.25) is 0 Å². The molecule has 2 aliphatic rings. The van der Waals surface area contributed by atoms with Crippen LogP contribution in [0.2, 0.25) is 0 Å². The third kappa shape index (κ3) is 2.79. The molecular formula is C24H27NS. The van der Waals surface area contributed by atoms with Gasteiger partial charge in [0.25, 0.3) is 0 Å².